The number of amides is 2. The molecule has 2 rings (SSSR count). The van der Waals surface area contributed by atoms with Gasteiger partial charge in [-0.1, -0.05) is 0 Å². The zero-order valence-corrected chi connectivity index (χ0v) is 13.5. The van der Waals surface area contributed by atoms with Gasteiger partial charge in [0.1, 0.15) is 11.6 Å². The maximum absolute atomic E-state index is 12.5. The van der Waals surface area contributed by atoms with Crippen LogP contribution in [0.4, 0.5) is 4.79 Å². The molecule has 2 fully saturated rings. The third-order valence-corrected chi connectivity index (χ3v) is 4.01. The SMILES string of the molecule is COC(=O)[C@@H]1CC(CC2(N)CC2)C(=O)N1C(=O)OC(C)(C)C. The summed E-state index contributed by atoms with van der Waals surface area (Å²) in [6.45, 7) is 5.11. The Morgan fingerprint density at radius 1 is 1.36 bits per heavy atom. The van der Waals surface area contributed by atoms with Gasteiger partial charge in [0.05, 0.1) is 7.11 Å². The zero-order valence-electron chi connectivity index (χ0n) is 13.5. The van der Waals surface area contributed by atoms with Crippen LogP contribution in [0.5, 0.6) is 0 Å². The van der Waals surface area contributed by atoms with Crippen LogP contribution in [0.25, 0.3) is 0 Å². The van der Waals surface area contributed by atoms with E-state index in [1.807, 2.05) is 0 Å². The van der Waals surface area contributed by atoms with Gasteiger partial charge in [0.25, 0.3) is 0 Å². The molecule has 124 valence electrons. The van der Waals surface area contributed by atoms with E-state index < -0.39 is 35.5 Å². The summed E-state index contributed by atoms with van der Waals surface area (Å²) in [5, 5.41) is 0. The smallest absolute Gasteiger partial charge is 0.417 e. The van der Waals surface area contributed by atoms with E-state index in [0.717, 1.165) is 17.7 Å². The average molecular weight is 312 g/mol. The summed E-state index contributed by atoms with van der Waals surface area (Å²) in [7, 11) is 1.23. The minimum Gasteiger partial charge on any atom is -0.467 e. The number of esters is 1. The summed E-state index contributed by atoms with van der Waals surface area (Å²) in [4.78, 5) is 37.6. The molecule has 22 heavy (non-hydrogen) atoms. The number of likely N-dealkylation sites (tertiary alicyclic amines) is 1. The lowest BCUT2D eigenvalue weighted by atomic mass is 9.95. The first-order valence-corrected chi connectivity index (χ1v) is 7.49. The lowest BCUT2D eigenvalue weighted by Gasteiger charge is -2.26. The Hall–Kier alpha value is -1.63. The van der Waals surface area contributed by atoms with Crippen LogP contribution in [0.3, 0.4) is 0 Å². The fraction of sp³-hybridized carbons (Fsp3) is 0.800. The molecule has 2 N–H and O–H groups in total. The predicted octanol–water partition coefficient (Wildman–Crippen LogP) is 1.19. The van der Waals surface area contributed by atoms with Crippen LogP contribution in [0.1, 0.15) is 46.5 Å². The number of carbonyl (C=O) groups is 3. The second kappa shape index (κ2) is 5.53. The molecule has 1 heterocycles. The molecule has 0 aromatic carbocycles. The third kappa shape index (κ3) is 3.58. The number of rotatable bonds is 3. The van der Waals surface area contributed by atoms with Crippen molar-refractivity contribution in [3.8, 4) is 0 Å². The van der Waals surface area contributed by atoms with Gasteiger partial charge < -0.3 is 15.2 Å². The van der Waals surface area contributed by atoms with Crippen molar-refractivity contribution in [3.63, 3.8) is 0 Å². The topological polar surface area (TPSA) is 98.9 Å². The first-order valence-electron chi connectivity index (χ1n) is 7.49. The van der Waals surface area contributed by atoms with Crippen LogP contribution in [0.15, 0.2) is 0 Å². The summed E-state index contributed by atoms with van der Waals surface area (Å²) < 4.78 is 9.95. The highest BCUT2D eigenvalue weighted by Gasteiger charge is 2.52. The molecule has 0 bridgehead atoms. The van der Waals surface area contributed by atoms with Crippen LogP contribution < -0.4 is 5.73 Å². The Balaban J connectivity index is 2.17. The molecule has 2 amide bonds. The number of nitrogens with zero attached hydrogens (tertiary/aromatic N) is 1. The highest BCUT2D eigenvalue weighted by Crippen LogP contribution is 2.42. The summed E-state index contributed by atoms with van der Waals surface area (Å²) >= 11 is 0. The van der Waals surface area contributed by atoms with E-state index in [2.05, 4.69) is 0 Å². The molecule has 7 heteroatoms. The standard InChI is InChI=1S/C15H24N2O5/c1-14(2,3)22-13(20)17-10(12(19)21-4)7-9(11(17)18)8-15(16)5-6-15/h9-10H,5-8,16H2,1-4H3/t9?,10-/m0/s1. The summed E-state index contributed by atoms with van der Waals surface area (Å²) in [5.74, 6) is -1.45. The molecule has 0 radical (unpaired) electrons. The van der Waals surface area contributed by atoms with E-state index in [0.29, 0.717) is 6.42 Å². The quantitative estimate of drug-likeness (QED) is 0.786. The van der Waals surface area contributed by atoms with Gasteiger partial charge in [-0.3, -0.25) is 4.79 Å². The highest BCUT2D eigenvalue weighted by molar-refractivity contribution is 6.00. The molecule has 7 nitrogen and oxygen atoms in total. The van der Waals surface area contributed by atoms with Gasteiger partial charge in [-0.25, -0.2) is 14.5 Å². The molecule has 1 saturated heterocycles. The van der Waals surface area contributed by atoms with Crippen LogP contribution in [-0.4, -0.2) is 47.2 Å². The molecule has 1 aliphatic heterocycles. The van der Waals surface area contributed by atoms with Crippen molar-refractivity contribution >= 4 is 18.0 Å². The second-order valence-corrected chi connectivity index (χ2v) is 7.23. The second-order valence-electron chi connectivity index (χ2n) is 7.23. The Bertz CT molecular complexity index is 493. The van der Waals surface area contributed by atoms with Gasteiger partial charge in [-0.15, -0.1) is 0 Å². The van der Waals surface area contributed by atoms with Crippen LogP contribution >= 0.6 is 0 Å². The molecule has 1 unspecified atom stereocenters. The average Bonchev–Trinajstić information content (AvgIpc) is 3.02. The molecule has 2 atom stereocenters. The Labute approximate surface area is 130 Å². The van der Waals surface area contributed by atoms with Crippen molar-refractivity contribution in [2.24, 2.45) is 11.7 Å². The molecule has 0 aromatic rings. The first-order chi connectivity index (χ1) is 10.1. The molecule has 1 saturated carbocycles. The fourth-order valence-electron chi connectivity index (χ4n) is 2.72. The lowest BCUT2D eigenvalue weighted by molar-refractivity contribution is -0.148. The largest absolute Gasteiger partial charge is 0.467 e. The number of nitrogens with two attached hydrogens (primary N) is 1. The van der Waals surface area contributed by atoms with Gasteiger partial charge in [0.2, 0.25) is 5.91 Å². The van der Waals surface area contributed by atoms with Crippen LogP contribution in [0.2, 0.25) is 0 Å². The van der Waals surface area contributed by atoms with Crippen molar-refractivity contribution in [2.45, 2.75) is 63.6 Å². The van der Waals surface area contributed by atoms with Crippen molar-refractivity contribution in [2.75, 3.05) is 7.11 Å². The predicted molar refractivity (Wildman–Crippen MR) is 77.8 cm³/mol. The minimum atomic E-state index is -0.931. The highest BCUT2D eigenvalue weighted by atomic mass is 16.6. The fourth-order valence-corrected chi connectivity index (χ4v) is 2.72. The van der Waals surface area contributed by atoms with Gasteiger partial charge in [0.15, 0.2) is 0 Å². The van der Waals surface area contributed by atoms with Crippen LogP contribution in [0, 0.1) is 5.92 Å². The molecular weight excluding hydrogens is 288 g/mol. The Morgan fingerprint density at radius 3 is 2.41 bits per heavy atom. The number of hydrogen-bond acceptors (Lipinski definition) is 6. The zero-order chi connectivity index (χ0) is 16.7. The molecule has 1 aliphatic carbocycles. The minimum absolute atomic E-state index is 0.240. The van der Waals surface area contributed by atoms with E-state index in [9.17, 15) is 14.4 Å². The molecule has 0 aromatic heterocycles. The van der Waals surface area contributed by atoms with E-state index in [1.54, 1.807) is 20.8 Å². The summed E-state index contributed by atoms with van der Waals surface area (Å²) in [5.41, 5.74) is 4.99. The van der Waals surface area contributed by atoms with Gasteiger partial charge in [0, 0.05) is 11.5 Å². The molecular formula is C15H24N2O5. The van der Waals surface area contributed by atoms with Crippen molar-refractivity contribution in [3.05, 3.63) is 0 Å². The van der Waals surface area contributed by atoms with E-state index in [-0.39, 0.29) is 12.0 Å². The number of imide groups is 1. The first kappa shape index (κ1) is 16.7. The Morgan fingerprint density at radius 2 is 1.95 bits per heavy atom. The van der Waals surface area contributed by atoms with Gasteiger partial charge >= 0.3 is 12.1 Å². The molecule has 0 spiro atoms. The summed E-state index contributed by atoms with van der Waals surface area (Å²) in [6, 6.07) is -0.931. The number of ether oxygens (including phenoxy) is 2. The number of carbonyl (C=O) groups excluding carboxylic acids is 3. The third-order valence-electron chi connectivity index (χ3n) is 4.01. The summed E-state index contributed by atoms with van der Waals surface area (Å²) in [6.07, 6.45) is 1.65. The number of hydrogen-bond donors (Lipinski definition) is 1. The van der Waals surface area contributed by atoms with Crippen molar-refractivity contribution in [1.82, 2.24) is 4.90 Å². The number of methoxy groups -OCH3 is 1. The van der Waals surface area contributed by atoms with Crippen molar-refractivity contribution in [1.29, 1.82) is 0 Å². The monoisotopic (exact) mass is 312 g/mol. The van der Waals surface area contributed by atoms with E-state index >= 15 is 0 Å². The molecule has 2 aliphatic rings. The van der Waals surface area contributed by atoms with Crippen molar-refractivity contribution < 1.29 is 23.9 Å². The Kier molecular flexibility index (Phi) is 4.21. The van der Waals surface area contributed by atoms with Gasteiger partial charge in [-0.2, -0.15) is 0 Å². The van der Waals surface area contributed by atoms with Crippen LogP contribution in [-0.2, 0) is 19.1 Å². The lowest BCUT2D eigenvalue weighted by Crippen LogP contribution is -2.46. The maximum atomic E-state index is 12.5. The van der Waals surface area contributed by atoms with E-state index in [1.165, 1.54) is 7.11 Å². The normalized spacial score (nSPS) is 26.8. The van der Waals surface area contributed by atoms with Gasteiger partial charge in [-0.05, 0) is 46.5 Å². The van der Waals surface area contributed by atoms with E-state index in [4.69, 9.17) is 15.2 Å². The maximum Gasteiger partial charge on any atom is 0.417 e.